The van der Waals surface area contributed by atoms with Crippen molar-refractivity contribution in [2.45, 2.75) is 56.9 Å². The number of fused-ring (bicyclic) bond motifs is 2. The smallest absolute Gasteiger partial charge is 0.243 e. The van der Waals surface area contributed by atoms with E-state index in [1.807, 2.05) is 6.92 Å². The van der Waals surface area contributed by atoms with Crippen LogP contribution in [0.5, 0.6) is 0 Å². The third kappa shape index (κ3) is 6.38. The Kier molecular flexibility index (Phi) is 8.74. The molecule has 0 fully saturated rings. The lowest BCUT2D eigenvalue weighted by molar-refractivity contribution is -0.136. The van der Waals surface area contributed by atoms with Crippen molar-refractivity contribution < 1.29 is 27.4 Å². The number of hydrogen-bond acceptors (Lipinski definition) is 7. The van der Waals surface area contributed by atoms with Crippen molar-refractivity contribution >= 4 is 15.9 Å². The molecule has 2 bridgehead atoms. The number of aliphatic hydroxyl groups excluding tert-OH is 1. The number of halogens is 1. The molecule has 12 heteroatoms. The average Bonchev–Trinajstić information content (AvgIpc) is 3.26. The zero-order valence-electron chi connectivity index (χ0n) is 19.7. The Morgan fingerprint density at radius 2 is 2.15 bits per heavy atom. The summed E-state index contributed by atoms with van der Waals surface area (Å²) in [5.41, 5.74) is 0.596. The van der Waals surface area contributed by atoms with Gasteiger partial charge in [0.15, 0.2) is 0 Å². The van der Waals surface area contributed by atoms with Gasteiger partial charge in [-0.05, 0) is 31.5 Å². The quantitative estimate of drug-likeness (QED) is 0.638. The first-order valence-electron chi connectivity index (χ1n) is 11.2. The van der Waals surface area contributed by atoms with Gasteiger partial charge in [-0.15, -0.1) is 5.10 Å². The lowest BCUT2D eigenvalue weighted by Crippen LogP contribution is -2.47. The normalized spacial score (nSPS) is 21.6. The molecule has 0 radical (unpaired) electrons. The number of aryl methyl sites for hydroxylation is 1. The summed E-state index contributed by atoms with van der Waals surface area (Å²) < 4.78 is 48.6. The maximum atomic E-state index is 13.6. The van der Waals surface area contributed by atoms with Gasteiger partial charge in [-0.3, -0.25) is 9.48 Å². The molecule has 0 saturated carbocycles. The summed E-state index contributed by atoms with van der Waals surface area (Å²) in [6.07, 6.45) is 1.99. The van der Waals surface area contributed by atoms with E-state index in [1.165, 1.54) is 25.2 Å². The molecule has 2 heterocycles. The molecular formula is C22H32FN5O5S. The number of likely N-dealkylation sites (N-methyl/N-ethyl adjacent to an activating group) is 1. The number of hydrogen-bond donors (Lipinski definition) is 1. The number of sulfonamides is 1. The van der Waals surface area contributed by atoms with Gasteiger partial charge in [-0.1, -0.05) is 18.2 Å². The Morgan fingerprint density at radius 3 is 2.85 bits per heavy atom. The highest BCUT2D eigenvalue weighted by molar-refractivity contribution is 7.89. The summed E-state index contributed by atoms with van der Waals surface area (Å²) in [5.74, 6) is -1.03. The van der Waals surface area contributed by atoms with Gasteiger partial charge in [0.1, 0.15) is 11.5 Å². The predicted octanol–water partition coefficient (Wildman–Crippen LogP) is 1.26. The van der Waals surface area contributed by atoms with E-state index < -0.39 is 28.0 Å². The largest absolute Gasteiger partial charge is 0.394 e. The van der Waals surface area contributed by atoms with E-state index in [4.69, 9.17) is 4.74 Å². The van der Waals surface area contributed by atoms with E-state index in [0.717, 1.165) is 10.4 Å². The Labute approximate surface area is 199 Å². The molecule has 0 spiro atoms. The first-order valence-corrected chi connectivity index (χ1v) is 12.7. The lowest BCUT2D eigenvalue weighted by Gasteiger charge is -2.35. The van der Waals surface area contributed by atoms with E-state index in [1.54, 1.807) is 22.7 Å². The standard InChI is InChI=1S/C22H32FN5O5S/c1-16-11-28(17(2)14-29)22(30)8-5-9-27-12-19(24-25-27)15-33-21(16)13-26(3)34(31,32)20-7-4-6-18(23)10-20/h4,6-7,10,12,16-17,21,29H,5,8-9,11,13-15H2,1-3H3/t16-,17+,21+/m0/s1. The molecule has 0 saturated heterocycles. The van der Waals surface area contributed by atoms with E-state index in [2.05, 4.69) is 10.3 Å². The van der Waals surface area contributed by atoms with Crippen molar-refractivity contribution in [2.75, 3.05) is 26.7 Å². The number of benzene rings is 1. The van der Waals surface area contributed by atoms with Crippen molar-refractivity contribution in [1.82, 2.24) is 24.2 Å². The molecule has 1 aromatic carbocycles. The fourth-order valence-electron chi connectivity index (χ4n) is 3.85. The molecular weight excluding hydrogens is 465 g/mol. The Balaban J connectivity index is 1.86. The summed E-state index contributed by atoms with van der Waals surface area (Å²) in [6.45, 7) is 4.34. The Bertz CT molecular complexity index is 1080. The zero-order valence-corrected chi connectivity index (χ0v) is 20.5. The summed E-state index contributed by atoms with van der Waals surface area (Å²) in [4.78, 5) is 14.4. The van der Waals surface area contributed by atoms with Crippen LogP contribution in [0.3, 0.4) is 0 Å². The van der Waals surface area contributed by atoms with Gasteiger partial charge in [0.25, 0.3) is 0 Å². The van der Waals surface area contributed by atoms with Crippen LogP contribution >= 0.6 is 0 Å². The molecule has 1 aromatic heterocycles. The van der Waals surface area contributed by atoms with Crippen molar-refractivity contribution in [3.63, 3.8) is 0 Å². The van der Waals surface area contributed by atoms with Crippen LogP contribution in [0, 0.1) is 11.7 Å². The van der Waals surface area contributed by atoms with Crippen molar-refractivity contribution in [2.24, 2.45) is 5.92 Å². The molecule has 3 atom stereocenters. The summed E-state index contributed by atoms with van der Waals surface area (Å²) >= 11 is 0. The van der Waals surface area contributed by atoms with E-state index in [0.29, 0.717) is 18.7 Å². The SMILES string of the molecule is C[C@H](CO)N1C[C@H](C)[C@@H](CN(C)S(=O)(=O)c2cccc(F)c2)OCc2cn(nn2)CCCC1=O. The van der Waals surface area contributed by atoms with Crippen LogP contribution in [0.15, 0.2) is 35.4 Å². The highest BCUT2D eigenvalue weighted by Gasteiger charge is 2.31. The molecule has 0 aliphatic carbocycles. The maximum Gasteiger partial charge on any atom is 0.243 e. The minimum absolute atomic E-state index is 0.0241. The molecule has 1 aliphatic rings. The summed E-state index contributed by atoms with van der Waals surface area (Å²) in [5, 5.41) is 17.8. The fourth-order valence-corrected chi connectivity index (χ4v) is 5.07. The van der Waals surface area contributed by atoms with Gasteiger partial charge in [0.2, 0.25) is 15.9 Å². The number of aromatic nitrogens is 3. The third-order valence-electron chi connectivity index (χ3n) is 5.99. The van der Waals surface area contributed by atoms with E-state index in [-0.39, 0.29) is 49.4 Å². The molecule has 1 amide bonds. The number of ether oxygens (including phenoxy) is 1. The van der Waals surface area contributed by atoms with E-state index in [9.17, 15) is 22.7 Å². The molecule has 3 rings (SSSR count). The van der Waals surface area contributed by atoms with Crippen LogP contribution in [-0.2, 0) is 32.7 Å². The molecule has 10 nitrogen and oxygen atoms in total. The number of nitrogens with zero attached hydrogens (tertiary/aromatic N) is 5. The minimum Gasteiger partial charge on any atom is -0.394 e. The number of carbonyl (C=O) groups excluding carboxylic acids is 1. The molecule has 1 aliphatic heterocycles. The molecule has 2 aromatic rings. The summed E-state index contributed by atoms with van der Waals surface area (Å²) in [6, 6.07) is 4.44. The highest BCUT2D eigenvalue weighted by Crippen LogP contribution is 2.21. The van der Waals surface area contributed by atoms with Gasteiger partial charge in [-0.25, -0.2) is 12.8 Å². The van der Waals surface area contributed by atoms with Gasteiger partial charge in [-0.2, -0.15) is 4.31 Å². The lowest BCUT2D eigenvalue weighted by atomic mass is 10.0. The van der Waals surface area contributed by atoms with Gasteiger partial charge in [0, 0.05) is 39.0 Å². The number of carbonyl (C=O) groups is 1. The van der Waals surface area contributed by atoms with Gasteiger partial charge in [0.05, 0.1) is 36.5 Å². The Hall–Kier alpha value is -2.41. The average molecular weight is 498 g/mol. The van der Waals surface area contributed by atoms with Crippen LogP contribution in [0.2, 0.25) is 0 Å². The van der Waals surface area contributed by atoms with Crippen LogP contribution < -0.4 is 0 Å². The zero-order chi connectivity index (χ0) is 24.9. The first kappa shape index (κ1) is 26.2. The van der Waals surface area contributed by atoms with Gasteiger partial charge < -0.3 is 14.7 Å². The van der Waals surface area contributed by atoms with Crippen molar-refractivity contribution in [3.8, 4) is 0 Å². The topological polar surface area (TPSA) is 118 Å². The fraction of sp³-hybridized carbons (Fsp3) is 0.591. The molecule has 0 unspecified atom stereocenters. The van der Waals surface area contributed by atoms with Crippen molar-refractivity contribution in [1.29, 1.82) is 0 Å². The van der Waals surface area contributed by atoms with Gasteiger partial charge >= 0.3 is 0 Å². The number of aliphatic hydroxyl groups is 1. The molecule has 34 heavy (non-hydrogen) atoms. The minimum atomic E-state index is -3.97. The first-order chi connectivity index (χ1) is 16.1. The Morgan fingerprint density at radius 1 is 1.38 bits per heavy atom. The maximum absolute atomic E-state index is 13.6. The second kappa shape index (κ2) is 11.3. The van der Waals surface area contributed by atoms with Crippen LogP contribution in [0.25, 0.3) is 0 Å². The summed E-state index contributed by atoms with van der Waals surface area (Å²) in [7, 11) is -2.56. The molecule has 1 N–H and O–H groups in total. The molecule has 188 valence electrons. The predicted molar refractivity (Wildman–Crippen MR) is 121 cm³/mol. The van der Waals surface area contributed by atoms with Crippen LogP contribution in [0.4, 0.5) is 4.39 Å². The second-order valence-corrected chi connectivity index (χ2v) is 10.8. The second-order valence-electron chi connectivity index (χ2n) is 8.72. The van der Waals surface area contributed by atoms with Crippen LogP contribution in [-0.4, -0.2) is 82.5 Å². The third-order valence-corrected chi connectivity index (χ3v) is 7.81. The monoisotopic (exact) mass is 497 g/mol. The van der Waals surface area contributed by atoms with Crippen LogP contribution in [0.1, 0.15) is 32.4 Å². The van der Waals surface area contributed by atoms with E-state index >= 15 is 0 Å². The number of rotatable bonds is 6. The number of amides is 1. The van der Waals surface area contributed by atoms with Crippen molar-refractivity contribution in [3.05, 3.63) is 42.0 Å². The highest BCUT2D eigenvalue weighted by atomic mass is 32.2.